The van der Waals surface area contributed by atoms with Crippen molar-refractivity contribution in [1.29, 1.82) is 0 Å². The van der Waals surface area contributed by atoms with E-state index in [1.807, 2.05) is 27.7 Å². The van der Waals surface area contributed by atoms with Crippen LogP contribution in [0, 0.1) is 11.8 Å². The predicted molar refractivity (Wildman–Crippen MR) is 111 cm³/mol. The van der Waals surface area contributed by atoms with E-state index in [0.717, 1.165) is 0 Å². The number of carboxylic acids is 1. The number of aliphatic hydroxyl groups excluding tert-OH is 1. The molecule has 0 heterocycles. The maximum absolute atomic E-state index is 12.6. The quantitative estimate of drug-likeness (QED) is 0.180. The van der Waals surface area contributed by atoms with Gasteiger partial charge in [0.05, 0.1) is 12.6 Å². The van der Waals surface area contributed by atoms with Crippen LogP contribution in [0.5, 0.6) is 0 Å². The molecule has 0 aliphatic rings. The number of amides is 3. The highest BCUT2D eigenvalue weighted by atomic mass is 32.1. The third-order valence-corrected chi connectivity index (χ3v) is 4.38. The van der Waals surface area contributed by atoms with Crippen molar-refractivity contribution in [1.82, 2.24) is 16.0 Å². The van der Waals surface area contributed by atoms with Crippen molar-refractivity contribution >= 4 is 36.3 Å². The van der Waals surface area contributed by atoms with E-state index >= 15 is 0 Å². The largest absolute Gasteiger partial charge is 0.480 e. The number of carboxylic acid groups (broad SMARTS) is 1. The first-order valence-corrected chi connectivity index (χ1v) is 10.2. The molecule has 10 nitrogen and oxygen atoms in total. The second-order valence-corrected chi connectivity index (χ2v) is 8.12. The van der Waals surface area contributed by atoms with Crippen molar-refractivity contribution in [2.75, 3.05) is 12.4 Å². The predicted octanol–water partition coefficient (Wildman–Crippen LogP) is -1.13. The van der Waals surface area contributed by atoms with E-state index < -0.39 is 54.5 Å². The molecule has 4 atom stereocenters. The van der Waals surface area contributed by atoms with Crippen LogP contribution in [0.1, 0.15) is 40.5 Å². The molecule has 29 heavy (non-hydrogen) atoms. The third-order valence-electron chi connectivity index (χ3n) is 4.01. The van der Waals surface area contributed by atoms with Gasteiger partial charge in [0.2, 0.25) is 17.7 Å². The molecule has 168 valence electrons. The Bertz CT molecular complexity index is 573. The smallest absolute Gasteiger partial charge is 0.327 e. The van der Waals surface area contributed by atoms with Crippen LogP contribution >= 0.6 is 12.6 Å². The minimum absolute atomic E-state index is 0.0503. The van der Waals surface area contributed by atoms with Crippen molar-refractivity contribution in [2.24, 2.45) is 17.6 Å². The second-order valence-electron chi connectivity index (χ2n) is 7.75. The first kappa shape index (κ1) is 27.1. The summed E-state index contributed by atoms with van der Waals surface area (Å²) < 4.78 is 0. The van der Waals surface area contributed by atoms with Crippen LogP contribution in [-0.4, -0.2) is 70.4 Å². The molecular formula is C18H34N4O6S. The van der Waals surface area contributed by atoms with Crippen molar-refractivity contribution in [3.05, 3.63) is 0 Å². The fourth-order valence-electron chi connectivity index (χ4n) is 2.52. The Kier molecular flexibility index (Phi) is 12.5. The lowest BCUT2D eigenvalue weighted by molar-refractivity contribution is -0.142. The molecule has 7 N–H and O–H groups in total. The lowest BCUT2D eigenvalue weighted by Gasteiger charge is -2.25. The average molecular weight is 435 g/mol. The van der Waals surface area contributed by atoms with Gasteiger partial charge in [-0.25, -0.2) is 4.79 Å². The van der Waals surface area contributed by atoms with Crippen LogP contribution in [0.15, 0.2) is 0 Å². The SMILES string of the molecule is CC(C)CC(N)C(=O)NC(CC(C)C)C(=O)NC(CO)C(=O)NC(CS)C(=O)O. The molecule has 0 aromatic rings. The summed E-state index contributed by atoms with van der Waals surface area (Å²) in [5, 5.41) is 25.6. The summed E-state index contributed by atoms with van der Waals surface area (Å²) in [5.74, 6) is -3.22. The minimum atomic E-state index is -1.37. The Hall–Kier alpha value is -1.85. The van der Waals surface area contributed by atoms with E-state index in [2.05, 4.69) is 28.6 Å². The van der Waals surface area contributed by atoms with Gasteiger partial charge in [0, 0.05) is 5.75 Å². The Labute approximate surface area is 176 Å². The van der Waals surface area contributed by atoms with Gasteiger partial charge >= 0.3 is 5.97 Å². The number of nitrogens with two attached hydrogens (primary N) is 1. The zero-order valence-corrected chi connectivity index (χ0v) is 18.2. The maximum atomic E-state index is 12.6. The van der Waals surface area contributed by atoms with Gasteiger partial charge in [-0.15, -0.1) is 0 Å². The molecule has 0 bridgehead atoms. The van der Waals surface area contributed by atoms with Crippen LogP contribution in [-0.2, 0) is 19.2 Å². The highest BCUT2D eigenvalue weighted by Gasteiger charge is 2.30. The molecule has 0 radical (unpaired) electrons. The third kappa shape index (κ3) is 10.5. The van der Waals surface area contributed by atoms with E-state index in [0.29, 0.717) is 12.8 Å². The molecule has 3 amide bonds. The molecule has 0 aromatic carbocycles. The molecular weight excluding hydrogens is 400 g/mol. The molecule has 0 aromatic heterocycles. The summed E-state index contributed by atoms with van der Waals surface area (Å²) in [6, 6.07) is -4.37. The van der Waals surface area contributed by atoms with Crippen molar-refractivity contribution in [3.8, 4) is 0 Å². The molecule has 0 aliphatic carbocycles. The topological polar surface area (TPSA) is 171 Å². The van der Waals surface area contributed by atoms with Gasteiger partial charge in [-0.05, 0) is 24.7 Å². The van der Waals surface area contributed by atoms with E-state index in [9.17, 15) is 24.3 Å². The number of carbonyl (C=O) groups excluding carboxylic acids is 3. The van der Waals surface area contributed by atoms with Crippen LogP contribution in [0.25, 0.3) is 0 Å². The second kappa shape index (κ2) is 13.4. The first-order chi connectivity index (χ1) is 13.4. The average Bonchev–Trinajstić information content (AvgIpc) is 2.61. The van der Waals surface area contributed by atoms with E-state index in [4.69, 9.17) is 10.8 Å². The van der Waals surface area contributed by atoms with Gasteiger partial charge in [-0.3, -0.25) is 14.4 Å². The molecule has 0 fully saturated rings. The lowest BCUT2D eigenvalue weighted by Crippen LogP contribution is -2.58. The number of hydrogen-bond donors (Lipinski definition) is 7. The number of aliphatic hydroxyl groups is 1. The Balaban J connectivity index is 5.15. The molecule has 4 unspecified atom stereocenters. The molecule has 0 spiro atoms. The summed E-state index contributed by atoms with van der Waals surface area (Å²) in [7, 11) is 0. The van der Waals surface area contributed by atoms with Gasteiger partial charge in [0.15, 0.2) is 0 Å². The first-order valence-electron chi connectivity index (χ1n) is 9.54. The molecule has 0 aliphatic heterocycles. The van der Waals surface area contributed by atoms with Crippen molar-refractivity contribution in [3.63, 3.8) is 0 Å². The summed E-state index contributed by atoms with van der Waals surface area (Å²) in [6.45, 7) is 6.82. The van der Waals surface area contributed by atoms with Crippen molar-refractivity contribution in [2.45, 2.75) is 64.7 Å². The summed E-state index contributed by atoms with van der Waals surface area (Å²) in [4.78, 5) is 48.1. The highest BCUT2D eigenvalue weighted by molar-refractivity contribution is 7.80. The van der Waals surface area contributed by atoms with Gasteiger partial charge in [-0.1, -0.05) is 27.7 Å². The normalized spacial score (nSPS) is 15.3. The lowest BCUT2D eigenvalue weighted by atomic mass is 10.0. The molecule has 0 saturated carbocycles. The van der Waals surface area contributed by atoms with Crippen LogP contribution < -0.4 is 21.7 Å². The molecule has 0 saturated heterocycles. The van der Waals surface area contributed by atoms with Crippen molar-refractivity contribution < 1.29 is 29.4 Å². The molecule has 0 rings (SSSR count). The Morgan fingerprint density at radius 2 is 1.28 bits per heavy atom. The summed E-state index contributed by atoms with van der Waals surface area (Å²) in [6.07, 6.45) is 0.740. The summed E-state index contributed by atoms with van der Waals surface area (Å²) in [5.41, 5.74) is 5.86. The fourth-order valence-corrected chi connectivity index (χ4v) is 2.77. The number of rotatable bonds is 13. The van der Waals surface area contributed by atoms with Crippen LogP contribution in [0.2, 0.25) is 0 Å². The Morgan fingerprint density at radius 3 is 1.69 bits per heavy atom. The molecule has 11 heteroatoms. The minimum Gasteiger partial charge on any atom is -0.480 e. The van der Waals surface area contributed by atoms with E-state index in [-0.39, 0.29) is 17.6 Å². The number of aliphatic carboxylic acids is 1. The monoisotopic (exact) mass is 434 g/mol. The van der Waals surface area contributed by atoms with Gasteiger partial charge < -0.3 is 31.9 Å². The zero-order chi connectivity index (χ0) is 22.7. The highest BCUT2D eigenvalue weighted by Crippen LogP contribution is 2.08. The number of thiol groups is 1. The standard InChI is InChI=1S/C18H34N4O6S/c1-9(2)5-11(19)15(24)20-12(6-10(3)4)16(25)21-13(7-23)17(26)22-14(8-29)18(27)28/h9-14,23,29H,5-8,19H2,1-4H3,(H,20,24)(H,21,25)(H,22,26)(H,27,28). The fraction of sp³-hybridized carbons (Fsp3) is 0.778. The van der Waals surface area contributed by atoms with E-state index in [1.54, 1.807) is 0 Å². The van der Waals surface area contributed by atoms with Gasteiger partial charge in [-0.2, -0.15) is 12.6 Å². The van der Waals surface area contributed by atoms with Gasteiger partial charge in [0.1, 0.15) is 18.1 Å². The van der Waals surface area contributed by atoms with Crippen LogP contribution in [0.3, 0.4) is 0 Å². The van der Waals surface area contributed by atoms with E-state index in [1.165, 1.54) is 0 Å². The van der Waals surface area contributed by atoms with Gasteiger partial charge in [0.25, 0.3) is 0 Å². The Morgan fingerprint density at radius 1 is 0.828 bits per heavy atom. The van der Waals surface area contributed by atoms with Crippen LogP contribution in [0.4, 0.5) is 0 Å². The number of carbonyl (C=O) groups is 4. The maximum Gasteiger partial charge on any atom is 0.327 e. The summed E-state index contributed by atoms with van der Waals surface area (Å²) >= 11 is 3.84. The number of hydrogen-bond acceptors (Lipinski definition) is 7. The zero-order valence-electron chi connectivity index (χ0n) is 17.3. The number of nitrogens with one attached hydrogen (secondary N) is 3.